The average molecular weight is 407 g/mol. The maximum atomic E-state index is 12.2. The maximum absolute atomic E-state index is 12.2. The number of H-pyrrole nitrogens is 1. The van der Waals surface area contributed by atoms with Crippen LogP contribution in [0, 0.1) is 0 Å². The Bertz CT molecular complexity index is 1140. The number of benzene rings is 3. The van der Waals surface area contributed by atoms with Gasteiger partial charge in [0.2, 0.25) is 0 Å². The van der Waals surface area contributed by atoms with Gasteiger partial charge in [0.15, 0.2) is 5.11 Å². The number of carbonyl (C=O) groups excluding carboxylic acids is 1. The molecule has 3 N–H and O–H groups in total. The number of anilines is 1. The van der Waals surface area contributed by atoms with Gasteiger partial charge in [-0.05, 0) is 54.7 Å². The third-order valence-corrected chi connectivity index (χ3v) is 4.67. The van der Waals surface area contributed by atoms with Crippen molar-refractivity contribution in [2.45, 2.75) is 0 Å². The minimum Gasteiger partial charge on any atom is -0.338 e. The second kappa shape index (κ2) is 7.80. The summed E-state index contributed by atoms with van der Waals surface area (Å²) < 4.78 is 0. The Morgan fingerprint density at radius 2 is 1.75 bits per heavy atom. The molecule has 4 rings (SSSR count). The van der Waals surface area contributed by atoms with Crippen LogP contribution in [-0.4, -0.2) is 21.0 Å². The van der Waals surface area contributed by atoms with Crippen LogP contribution in [0.4, 0.5) is 5.69 Å². The SMILES string of the molecule is O=C(NC(=S)Nc1cc(-c2nc3ccccc3[nH]2)ccc1Cl)c1ccccc1. The lowest BCUT2D eigenvalue weighted by Gasteiger charge is -2.12. The number of imidazole rings is 1. The molecule has 138 valence electrons. The van der Waals surface area contributed by atoms with E-state index in [-0.39, 0.29) is 11.0 Å². The third kappa shape index (κ3) is 3.88. The number of thiocarbonyl (C=S) groups is 1. The molecule has 7 heteroatoms. The van der Waals surface area contributed by atoms with Gasteiger partial charge >= 0.3 is 0 Å². The topological polar surface area (TPSA) is 69.8 Å². The first-order chi connectivity index (χ1) is 13.6. The van der Waals surface area contributed by atoms with Gasteiger partial charge in [0.25, 0.3) is 5.91 Å². The molecule has 0 bridgehead atoms. The molecule has 1 heterocycles. The third-order valence-electron chi connectivity index (χ3n) is 4.14. The zero-order valence-corrected chi connectivity index (χ0v) is 16.1. The predicted molar refractivity (Wildman–Crippen MR) is 117 cm³/mol. The molecule has 1 amide bonds. The van der Waals surface area contributed by atoms with Crippen molar-refractivity contribution in [1.82, 2.24) is 15.3 Å². The van der Waals surface area contributed by atoms with E-state index in [1.54, 1.807) is 30.3 Å². The second-order valence-corrected chi connectivity index (χ2v) is 6.89. The van der Waals surface area contributed by atoms with E-state index >= 15 is 0 Å². The van der Waals surface area contributed by atoms with Gasteiger partial charge < -0.3 is 10.3 Å². The normalized spacial score (nSPS) is 10.6. The molecular weight excluding hydrogens is 392 g/mol. The van der Waals surface area contributed by atoms with Crippen LogP contribution in [0.25, 0.3) is 22.4 Å². The van der Waals surface area contributed by atoms with Gasteiger partial charge in [0, 0.05) is 11.1 Å². The number of hydrogen-bond acceptors (Lipinski definition) is 3. The van der Waals surface area contributed by atoms with E-state index in [0.29, 0.717) is 16.3 Å². The number of carbonyl (C=O) groups is 1. The summed E-state index contributed by atoms with van der Waals surface area (Å²) in [7, 11) is 0. The lowest BCUT2D eigenvalue weighted by molar-refractivity contribution is 0.0977. The molecule has 0 atom stereocenters. The highest BCUT2D eigenvalue weighted by atomic mass is 35.5. The Morgan fingerprint density at radius 3 is 2.54 bits per heavy atom. The highest BCUT2D eigenvalue weighted by Crippen LogP contribution is 2.28. The molecule has 0 fully saturated rings. The Morgan fingerprint density at radius 1 is 1.00 bits per heavy atom. The molecule has 0 spiro atoms. The second-order valence-electron chi connectivity index (χ2n) is 6.07. The first-order valence-corrected chi connectivity index (χ1v) is 9.31. The number of nitrogens with one attached hydrogen (secondary N) is 3. The summed E-state index contributed by atoms with van der Waals surface area (Å²) >= 11 is 11.6. The minimum absolute atomic E-state index is 0.164. The lowest BCUT2D eigenvalue weighted by atomic mass is 10.2. The molecule has 0 unspecified atom stereocenters. The molecule has 0 aliphatic rings. The van der Waals surface area contributed by atoms with Gasteiger partial charge in [-0.25, -0.2) is 4.98 Å². The Hall–Kier alpha value is -3.22. The van der Waals surface area contributed by atoms with Gasteiger partial charge in [-0.15, -0.1) is 0 Å². The van der Waals surface area contributed by atoms with E-state index in [4.69, 9.17) is 23.8 Å². The van der Waals surface area contributed by atoms with Gasteiger partial charge in [-0.2, -0.15) is 0 Å². The fraction of sp³-hybridized carbons (Fsp3) is 0. The summed E-state index contributed by atoms with van der Waals surface area (Å²) in [6, 6.07) is 22.1. The van der Waals surface area contributed by atoms with Crippen LogP contribution >= 0.6 is 23.8 Å². The number of rotatable bonds is 3. The van der Waals surface area contributed by atoms with Crippen LogP contribution in [0.15, 0.2) is 72.8 Å². The van der Waals surface area contributed by atoms with Crippen molar-refractivity contribution in [2.24, 2.45) is 0 Å². The molecule has 0 saturated heterocycles. The van der Waals surface area contributed by atoms with Crippen molar-refractivity contribution in [3.63, 3.8) is 0 Å². The number of hydrogen-bond donors (Lipinski definition) is 3. The number of nitrogens with zero attached hydrogens (tertiary/aromatic N) is 1. The average Bonchev–Trinajstić information content (AvgIpc) is 3.14. The highest BCUT2D eigenvalue weighted by Gasteiger charge is 2.11. The van der Waals surface area contributed by atoms with Gasteiger partial charge in [-0.1, -0.05) is 41.9 Å². The van der Waals surface area contributed by atoms with E-state index in [0.717, 1.165) is 22.4 Å². The van der Waals surface area contributed by atoms with Crippen molar-refractivity contribution in [3.05, 3.63) is 83.4 Å². The molecule has 0 radical (unpaired) electrons. The summed E-state index contributed by atoms with van der Waals surface area (Å²) in [5.41, 5.74) is 3.78. The molecule has 0 saturated carbocycles. The number of fused-ring (bicyclic) bond motifs is 1. The standard InChI is InChI=1S/C21H15ClN4OS/c22-15-11-10-14(19-23-16-8-4-5-9-17(16)24-19)12-18(15)25-21(28)26-20(27)13-6-2-1-3-7-13/h1-12H,(H,23,24)(H2,25,26,27,28). The predicted octanol–water partition coefficient (Wildman–Crippen LogP) is 5.01. The molecule has 0 aliphatic heterocycles. The van der Waals surface area contributed by atoms with Crippen LogP contribution < -0.4 is 10.6 Å². The summed E-state index contributed by atoms with van der Waals surface area (Å²) in [4.78, 5) is 20.1. The Kier molecular flexibility index (Phi) is 5.06. The van der Waals surface area contributed by atoms with Crippen LogP contribution in [0.3, 0.4) is 0 Å². The van der Waals surface area contributed by atoms with E-state index in [9.17, 15) is 4.79 Å². The molecule has 3 aromatic carbocycles. The van der Waals surface area contributed by atoms with Crippen LogP contribution in [0.5, 0.6) is 0 Å². The van der Waals surface area contributed by atoms with E-state index in [1.807, 2.05) is 42.5 Å². The summed E-state index contributed by atoms with van der Waals surface area (Å²) in [6.45, 7) is 0. The molecular formula is C21H15ClN4OS. The number of para-hydroxylation sites is 2. The van der Waals surface area contributed by atoms with E-state index < -0.39 is 0 Å². The van der Waals surface area contributed by atoms with Gasteiger partial charge in [-0.3, -0.25) is 10.1 Å². The highest BCUT2D eigenvalue weighted by molar-refractivity contribution is 7.80. The summed E-state index contributed by atoms with van der Waals surface area (Å²) in [6.07, 6.45) is 0. The summed E-state index contributed by atoms with van der Waals surface area (Å²) in [5, 5.41) is 6.28. The van der Waals surface area contributed by atoms with Crippen molar-refractivity contribution in [3.8, 4) is 11.4 Å². The fourth-order valence-corrected chi connectivity index (χ4v) is 3.14. The number of halogens is 1. The molecule has 28 heavy (non-hydrogen) atoms. The molecule has 0 aliphatic carbocycles. The van der Waals surface area contributed by atoms with E-state index in [2.05, 4.69) is 20.6 Å². The number of aromatic nitrogens is 2. The summed E-state index contributed by atoms with van der Waals surface area (Å²) in [5.74, 6) is 0.433. The first-order valence-electron chi connectivity index (χ1n) is 8.52. The Balaban J connectivity index is 1.54. The van der Waals surface area contributed by atoms with Gasteiger partial charge in [0.1, 0.15) is 5.82 Å². The zero-order valence-electron chi connectivity index (χ0n) is 14.6. The number of aromatic amines is 1. The van der Waals surface area contributed by atoms with Crippen LogP contribution in [0.1, 0.15) is 10.4 Å². The lowest BCUT2D eigenvalue weighted by Crippen LogP contribution is -2.34. The van der Waals surface area contributed by atoms with Crippen molar-refractivity contribution in [2.75, 3.05) is 5.32 Å². The molecule has 5 nitrogen and oxygen atoms in total. The zero-order chi connectivity index (χ0) is 19.5. The maximum Gasteiger partial charge on any atom is 0.257 e. The van der Waals surface area contributed by atoms with Crippen molar-refractivity contribution < 1.29 is 4.79 Å². The van der Waals surface area contributed by atoms with Crippen molar-refractivity contribution >= 4 is 51.6 Å². The molecule has 1 aromatic heterocycles. The Labute approximate surface area is 171 Å². The quantitative estimate of drug-likeness (QED) is 0.418. The van der Waals surface area contributed by atoms with Gasteiger partial charge in [0.05, 0.1) is 21.7 Å². The first kappa shape index (κ1) is 18.2. The number of amides is 1. The van der Waals surface area contributed by atoms with Crippen molar-refractivity contribution in [1.29, 1.82) is 0 Å². The monoisotopic (exact) mass is 406 g/mol. The molecule has 4 aromatic rings. The van der Waals surface area contributed by atoms with Crippen LogP contribution in [0.2, 0.25) is 5.02 Å². The minimum atomic E-state index is -0.289. The van der Waals surface area contributed by atoms with E-state index in [1.165, 1.54) is 0 Å². The van der Waals surface area contributed by atoms with Crippen LogP contribution in [-0.2, 0) is 0 Å². The smallest absolute Gasteiger partial charge is 0.257 e. The largest absolute Gasteiger partial charge is 0.338 e. The fourth-order valence-electron chi connectivity index (χ4n) is 2.78.